The molecular formula is C13H19FN2O. The second kappa shape index (κ2) is 5.77. The van der Waals surface area contributed by atoms with Crippen molar-refractivity contribution in [1.29, 1.82) is 0 Å². The van der Waals surface area contributed by atoms with Gasteiger partial charge in [0.15, 0.2) is 0 Å². The Morgan fingerprint density at radius 1 is 1.35 bits per heavy atom. The lowest BCUT2D eigenvalue weighted by Gasteiger charge is -2.21. The molecule has 0 saturated carbocycles. The van der Waals surface area contributed by atoms with E-state index in [1.807, 2.05) is 13.8 Å². The van der Waals surface area contributed by atoms with Gasteiger partial charge in [-0.1, -0.05) is 26.0 Å². The second-order valence-corrected chi connectivity index (χ2v) is 4.95. The van der Waals surface area contributed by atoms with E-state index in [9.17, 15) is 9.18 Å². The molecule has 0 saturated heterocycles. The average Bonchev–Trinajstić information content (AvgIpc) is 2.28. The quantitative estimate of drug-likeness (QED) is 0.822. The minimum Gasteiger partial charge on any atom is -0.352 e. The van der Waals surface area contributed by atoms with Crippen LogP contribution in [0, 0.1) is 11.2 Å². The molecule has 1 rings (SSSR count). The number of benzene rings is 1. The molecule has 17 heavy (non-hydrogen) atoms. The molecule has 0 spiro atoms. The van der Waals surface area contributed by atoms with Crippen molar-refractivity contribution in [3.8, 4) is 0 Å². The minimum atomic E-state index is -0.274. The van der Waals surface area contributed by atoms with Gasteiger partial charge in [0.2, 0.25) is 5.91 Å². The summed E-state index contributed by atoms with van der Waals surface area (Å²) >= 11 is 0. The van der Waals surface area contributed by atoms with Crippen LogP contribution in [-0.4, -0.2) is 12.5 Å². The number of hydrogen-bond donors (Lipinski definition) is 2. The first-order valence-corrected chi connectivity index (χ1v) is 5.64. The summed E-state index contributed by atoms with van der Waals surface area (Å²) in [5.41, 5.74) is 6.25. The number of hydrogen-bond acceptors (Lipinski definition) is 2. The van der Waals surface area contributed by atoms with Gasteiger partial charge in [0.1, 0.15) is 5.82 Å². The van der Waals surface area contributed by atoms with Gasteiger partial charge in [-0.3, -0.25) is 4.79 Å². The van der Waals surface area contributed by atoms with Crippen molar-refractivity contribution in [2.45, 2.75) is 26.8 Å². The standard InChI is InChI=1S/C13H19FN2O/c1-13(2,9-15)7-12(17)16-8-10-3-5-11(14)6-4-10/h3-6H,7-9,15H2,1-2H3,(H,16,17). The molecular weight excluding hydrogens is 219 g/mol. The van der Waals surface area contributed by atoms with Crippen LogP contribution in [0.3, 0.4) is 0 Å². The topological polar surface area (TPSA) is 55.1 Å². The molecule has 4 heteroatoms. The van der Waals surface area contributed by atoms with E-state index in [1.165, 1.54) is 12.1 Å². The van der Waals surface area contributed by atoms with Crippen molar-refractivity contribution in [2.24, 2.45) is 11.1 Å². The maximum Gasteiger partial charge on any atom is 0.220 e. The average molecular weight is 238 g/mol. The Balaban J connectivity index is 2.41. The Bertz CT molecular complexity index is 374. The number of carbonyl (C=O) groups excluding carboxylic acids is 1. The van der Waals surface area contributed by atoms with Gasteiger partial charge in [0.05, 0.1) is 0 Å². The minimum absolute atomic E-state index is 0.0372. The van der Waals surface area contributed by atoms with Gasteiger partial charge in [-0.05, 0) is 29.7 Å². The van der Waals surface area contributed by atoms with Crippen LogP contribution >= 0.6 is 0 Å². The summed E-state index contributed by atoms with van der Waals surface area (Å²) in [4.78, 5) is 11.6. The van der Waals surface area contributed by atoms with Gasteiger partial charge in [-0.15, -0.1) is 0 Å². The maximum atomic E-state index is 12.7. The number of carbonyl (C=O) groups is 1. The van der Waals surface area contributed by atoms with Gasteiger partial charge in [0, 0.05) is 13.0 Å². The van der Waals surface area contributed by atoms with E-state index in [1.54, 1.807) is 12.1 Å². The van der Waals surface area contributed by atoms with E-state index >= 15 is 0 Å². The molecule has 0 aliphatic carbocycles. The number of nitrogens with two attached hydrogens (primary N) is 1. The molecule has 0 atom stereocenters. The lowest BCUT2D eigenvalue weighted by atomic mass is 9.89. The van der Waals surface area contributed by atoms with E-state index < -0.39 is 0 Å². The summed E-state index contributed by atoms with van der Waals surface area (Å²) in [5.74, 6) is -0.311. The Morgan fingerprint density at radius 2 is 1.94 bits per heavy atom. The summed E-state index contributed by atoms with van der Waals surface area (Å²) in [7, 11) is 0. The Morgan fingerprint density at radius 3 is 2.47 bits per heavy atom. The first-order valence-electron chi connectivity index (χ1n) is 5.64. The van der Waals surface area contributed by atoms with Crippen LogP contribution in [0.25, 0.3) is 0 Å². The summed E-state index contributed by atoms with van der Waals surface area (Å²) in [6.45, 7) is 4.78. The first-order chi connectivity index (χ1) is 7.93. The van der Waals surface area contributed by atoms with Gasteiger partial charge < -0.3 is 11.1 Å². The van der Waals surface area contributed by atoms with Crippen LogP contribution in [0.1, 0.15) is 25.8 Å². The molecule has 0 aliphatic rings. The van der Waals surface area contributed by atoms with Crippen LogP contribution in [-0.2, 0) is 11.3 Å². The van der Waals surface area contributed by atoms with E-state index in [0.717, 1.165) is 5.56 Å². The zero-order valence-electron chi connectivity index (χ0n) is 10.3. The molecule has 0 heterocycles. The Kier molecular flexibility index (Phi) is 4.63. The monoisotopic (exact) mass is 238 g/mol. The number of halogens is 1. The smallest absolute Gasteiger partial charge is 0.220 e. The van der Waals surface area contributed by atoms with Crippen LogP contribution in [0.4, 0.5) is 4.39 Å². The van der Waals surface area contributed by atoms with Gasteiger partial charge in [-0.25, -0.2) is 4.39 Å². The summed E-state index contributed by atoms with van der Waals surface area (Å²) < 4.78 is 12.7. The molecule has 0 radical (unpaired) electrons. The van der Waals surface area contributed by atoms with Crippen LogP contribution < -0.4 is 11.1 Å². The maximum absolute atomic E-state index is 12.7. The number of amides is 1. The van der Waals surface area contributed by atoms with Gasteiger partial charge in [-0.2, -0.15) is 0 Å². The molecule has 0 aliphatic heterocycles. The zero-order valence-corrected chi connectivity index (χ0v) is 10.3. The lowest BCUT2D eigenvalue weighted by Crippen LogP contribution is -2.32. The van der Waals surface area contributed by atoms with Crippen molar-refractivity contribution in [2.75, 3.05) is 6.54 Å². The van der Waals surface area contributed by atoms with E-state index in [-0.39, 0.29) is 17.1 Å². The predicted octanol–water partition coefficient (Wildman–Crippen LogP) is 1.82. The molecule has 1 amide bonds. The fourth-order valence-corrected chi connectivity index (χ4v) is 1.37. The van der Waals surface area contributed by atoms with Crippen molar-refractivity contribution < 1.29 is 9.18 Å². The Hall–Kier alpha value is -1.42. The van der Waals surface area contributed by atoms with Crippen LogP contribution in [0.5, 0.6) is 0 Å². The summed E-state index contributed by atoms with van der Waals surface area (Å²) in [5, 5.41) is 2.79. The predicted molar refractivity (Wildman–Crippen MR) is 65.7 cm³/mol. The lowest BCUT2D eigenvalue weighted by molar-refractivity contribution is -0.123. The van der Waals surface area contributed by atoms with Crippen molar-refractivity contribution in [3.05, 3.63) is 35.6 Å². The molecule has 0 unspecified atom stereocenters. The third-order valence-electron chi connectivity index (χ3n) is 2.59. The van der Waals surface area contributed by atoms with E-state index in [0.29, 0.717) is 19.5 Å². The highest BCUT2D eigenvalue weighted by molar-refractivity contribution is 5.76. The fourth-order valence-electron chi connectivity index (χ4n) is 1.37. The second-order valence-electron chi connectivity index (χ2n) is 4.95. The molecule has 3 nitrogen and oxygen atoms in total. The van der Waals surface area contributed by atoms with E-state index in [4.69, 9.17) is 5.73 Å². The van der Waals surface area contributed by atoms with Crippen molar-refractivity contribution >= 4 is 5.91 Å². The summed E-state index contributed by atoms with van der Waals surface area (Å²) in [6.07, 6.45) is 0.394. The highest BCUT2D eigenvalue weighted by atomic mass is 19.1. The third kappa shape index (κ3) is 4.95. The molecule has 1 aromatic carbocycles. The third-order valence-corrected chi connectivity index (χ3v) is 2.59. The van der Waals surface area contributed by atoms with Crippen LogP contribution in [0.2, 0.25) is 0 Å². The van der Waals surface area contributed by atoms with E-state index in [2.05, 4.69) is 5.32 Å². The SMILES string of the molecule is CC(C)(CN)CC(=O)NCc1ccc(F)cc1. The van der Waals surface area contributed by atoms with Gasteiger partial charge in [0.25, 0.3) is 0 Å². The highest BCUT2D eigenvalue weighted by Gasteiger charge is 2.19. The van der Waals surface area contributed by atoms with Crippen molar-refractivity contribution in [1.82, 2.24) is 5.32 Å². The summed E-state index contributed by atoms with van der Waals surface area (Å²) in [6, 6.07) is 6.07. The highest BCUT2D eigenvalue weighted by Crippen LogP contribution is 2.17. The zero-order chi connectivity index (χ0) is 12.9. The Labute approximate surface area is 101 Å². The molecule has 0 bridgehead atoms. The molecule has 0 fully saturated rings. The normalized spacial score (nSPS) is 11.3. The van der Waals surface area contributed by atoms with Gasteiger partial charge >= 0.3 is 0 Å². The molecule has 3 N–H and O–H groups in total. The largest absolute Gasteiger partial charge is 0.352 e. The first kappa shape index (κ1) is 13.6. The van der Waals surface area contributed by atoms with Crippen LogP contribution in [0.15, 0.2) is 24.3 Å². The molecule has 0 aromatic heterocycles. The number of rotatable bonds is 5. The van der Waals surface area contributed by atoms with Crippen molar-refractivity contribution in [3.63, 3.8) is 0 Å². The number of nitrogens with one attached hydrogen (secondary N) is 1. The molecule has 94 valence electrons. The molecule has 1 aromatic rings. The fraction of sp³-hybridized carbons (Fsp3) is 0.462.